The Bertz CT molecular complexity index is 174. The predicted octanol–water partition coefficient (Wildman–Crippen LogP) is -2.36. The number of aliphatic hydroxyl groups excluding tert-OH is 2. The van der Waals surface area contributed by atoms with Crippen LogP contribution in [0.25, 0.3) is 0 Å². The van der Waals surface area contributed by atoms with E-state index in [1.807, 2.05) is 0 Å². The third kappa shape index (κ3) is 1.25. The summed E-state index contributed by atoms with van der Waals surface area (Å²) in [7, 11) is 0. The lowest BCUT2D eigenvalue weighted by molar-refractivity contribution is -0.361. The molecule has 0 aliphatic carbocycles. The summed E-state index contributed by atoms with van der Waals surface area (Å²) in [5.41, 5.74) is 0. The zero-order valence-corrected chi connectivity index (χ0v) is 5.25. The second kappa shape index (κ2) is 2.60. The largest absolute Gasteiger partial charge is 0.359 e. The van der Waals surface area contributed by atoms with Crippen molar-refractivity contribution in [2.45, 2.75) is 12.7 Å². The number of urea groups is 1. The SMILES string of the molecule is O=C1NC(O)N(O)C(O)N1O. The number of aliphatic hydroxyl groups is 2. The molecule has 0 aromatic carbocycles. The number of nitrogens with one attached hydrogen (secondary N) is 1. The number of hydrogen-bond acceptors (Lipinski definition) is 6. The van der Waals surface area contributed by atoms with Crippen molar-refractivity contribution in [1.29, 1.82) is 0 Å². The molecule has 0 aromatic heterocycles. The molecule has 0 spiro atoms. The Kier molecular flexibility index (Phi) is 1.93. The molecule has 0 saturated carbocycles. The van der Waals surface area contributed by atoms with Crippen LogP contribution in [0.2, 0.25) is 0 Å². The maximum Gasteiger partial charge on any atom is 0.347 e. The minimum atomic E-state index is -1.96. The summed E-state index contributed by atoms with van der Waals surface area (Å²) in [6, 6.07) is -1.10. The molecular formula is C3H7N3O5. The molecular weight excluding hydrogens is 158 g/mol. The van der Waals surface area contributed by atoms with E-state index in [1.165, 1.54) is 0 Å². The Labute approximate surface area is 60.8 Å². The number of nitrogens with zero attached hydrogens (tertiary/aromatic N) is 2. The second-order valence-electron chi connectivity index (χ2n) is 1.89. The van der Waals surface area contributed by atoms with Gasteiger partial charge in [0.2, 0.25) is 12.7 Å². The first-order chi connectivity index (χ1) is 5.04. The molecule has 1 rings (SSSR count). The summed E-state index contributed by atoms with van der Waals surface area (Å²) in [6.07, 6.45) is -3.68. The van der Waals surface area contributed by atoms with E-state index in [9.17, 15) is 4.79 Å². The minimum absolute atomic E-state index is 0.0403. The van der Waals surface area contributed by atoms with Gasteiger partial charge in [-0.15, -0.1) is 0 Å². The number of carbonyl (C=O) groups is 1. The van der Waals surface area contributed by atoms with Crippen molar-refractivity contribution in [2.24, 2.45) is 0 Å². The monoisotopic (exact) mass is 165 g/mol. The summed E-state index contributed by atoms with van der Waals surface area (Å²) in [5.74, 6) is 0. The van der Waals surface area contributed by atoms with Crippen LogP contribution in [0, 0.1) is 0 Å². The summed E-state index contributed by atoms with van der Waals surface area (Å²) >= 11 is 0. The van der Waals surface area contributed by atoms with Gasteiger partial charge in [-0.1, -0.05) is 5.06 Å². The number of hydrogen-bond donors (Lipinski definition) is 5. The molecule has 0 radical (unpaired) electrons. The fraction of sp³-hybridized carbons (Fsp3) is 0.667. The van der Waals surface area contributed by atoms with Gasteiger partial charge >= 0.3 is 6.03 Å². The number of hydroxylamine groups is 4. The Hall–Kier alpha value is -0.930. The van der Waals surface area contributed by atoms with E-state index in [-0.39, 0.29) is 10.1 Å². The van der Waals surface area contributed by atoms with Gasteiger partial charge < -0.3 is 15.4 Å². The lowest BCUT2D eigenvalue weighted by Gasteiger charge is -2.35. The predicted molar refractivity (Wildman–Crippen MR) is 27.8 cm³/mol. The van der Waals surface area contributed by atoms with E-state index < -0.39 is 18.7 Å². The number of carbonyl (C=O) groups excluding carboxylic acids is 1. The van der Waals surface area contributed by atoms with Crippen LogP contribution in [0.1, 0.15) is 0 Å². The van der Waals surface area contributed by atoms with Gasteiger partial charge in [-0.05, 0) is 0 Å². The van der Waals surface area contributed by atoms with E-state index in [0.29, 0.717) is 0 Å². The van der Waals surface area contributed by atoms with Crippen LogP contribution in [0.4, 0.5) is 4.79 Å². The highest BCUT2D eigenvalue weighted by atomic mass is 16.6. The molecule has 64 valence electrons. The first-order valence-electron chi connectivity index (χ1n) is 2.66. The standard InChI is InChI=1S/C3H7N3O5/c7-1-4-2(8)6(11)3(9)5(1)10/h1,3,7,9-11H,(H,4,8). The maximum absolute atomic E-state index is 10.5. The first-order valence-corrected chi connectivity index (χ1v) is 2.66. The molecule has 0 aromatic rings. The quantitative estimate of drug-likeness (QED) is 0.256. The van der Waals surface area contributed by atoms with Crippen molar-refractivity contribution in [3.8, 4) is 0 Å². The average molecular weight is 165 g/mol. The van der Waals surface area contributed by atoms with E-state index >= 15 is 0 Å². The van der Waals surface area contributed by atoms with Gasteiger partial charge in [-0.25, -0.2) is 4.79 Å². The molecule has 0 bridgehead atoms. The normalized spacial score (nSPS) is 33.8. The number of rotatable bonds is 0. The molecule has 2 amide bonds. The highest BCUT2D eigenvalue weighted by Gasteiger charge is 2.36. The van der Waals surface area contributed by atoms with Gasteiger partial charge in [0.1, 0.15) is 0 Å². The van der Waals surface area contributed by atoms with Crippen LogP contribution in [-0.2, 0) is 0 Å². The van der Waals surface area contributed by atoms with Gasteiger partial charge in [-0.2, -0.15) is 5.06 Å². The van der Waals surface area contributed by atoms with E-state index in [4.69, 9.17) is 20.6 Å². The highest BCUT2D eigenvalue weighted by Crippen LogP contribution is 2.05. The molecule has 1 aliphatic rings. The molecule has 1 fully saturated rings. The van der Waals surface area contributed by atoms with Crippen molar-refractivity contribution in [3.63, 3.8) is 0 Å². The Balaban J connectivity index is 2.70. The van der Waals surface area contributed by atoms with Gasteiger partial charge in [0.15, 0.2) is 0 Å². The lowest BCUT2D eigenvalue weighted by Crippen LogP contribution is -2.65. The zero-order valence-electron chi connectivity index (χ0n) is 5.25. The van der Waals surface area contributed by atoms with Crippen molar-refractivity contribution in [2.75, 3.05) is 0 Å². The van der Waals surface area contributed by atoms with Crippen molar-refractivity contribution >= 4 is 6.03 Å². The first kappa shape index (κ1) is 8.17. The molecule has 1 aliphatic heterocycles. The average Bonchev–Trinajstić information content (AvgIpc) is 1.97. The van der Waals surface area contributed by atoms with Crippen LogP contribution >= 0.6 is 0 Å². The Morgan fingerprint density at radius 2 is 1.91 bits per heavy atom. The Morgan fingerprint density at radius 3 is 2.45 bits per heavy atom. The Morgan fingerprint density at radius 1 is 1.36 bits per heavy atom. The summed E-state index contributed by atoms with van der Waals surface area (Å²) in [4.78, 5) is 10.5. The highest BCUT2D eigenvalue weighted by molar-refractivity contribution is 5.73. The number of amides is 2. The molecule has 11 heavy (non-hydrogen) atoms. The molecule has 1 heterocycles. The van der Waals surface area contributed by atoms with Crippen molar-refractivity contribution < 1.29 is 25.4 Å². The summed E-state index contributed by atoms with van der Waals surface area (Å²) < 4.78 is 0. The zero-order chi connectivity index (χ0) is 8.59. The second-order valence-corrected chi connectivity index (χ2v) is 1.89. The third-order valence-corrected chi connectivity index (χ3v) is 1.17. The third-order valence-electron chi connectivity index (χ3n) is 1.17. The van der Waals surface area contributed by atoms with Crippen molar-refractivity contribution in [1.82, 2.24) is 15.4 Å². The van der Waals surface area contributed by atoms with E-state index in [1.54, 1.807) is 5.32 Å². The van der Waals surface area contributed by atoms with Crippen LogP contribution < -0.4 is 5.32 Å². The minimum Gasteiger partial charge on any atom is -0.359 e. The van der Waals surface area contributed by atoms with Gasteiger partial charge in [-0.3, -0.25) is 10.5 Å². The fourth-order valence-electron chi connectivity index (χ4n) is 0.586. The molecule has 5 N–H and O–H groups in total. The fourth-order valence-corrected chi connectivity index (χ4v) is 0.586. The van der Waals surface area contributed by atoms with Gasteiger partial charge in [0.05, 0.1) is 0 Å². The maximum atomic E-state index is 10.5. The molecule has 8 nitrogen and oxygen atoms in total. The van der Waals surface area contributed by atoms with Gasteiger partial charge in [0, 0.05) is 0 Å². The van der Waals surface area contributed by atoms with Crippen molar-refractivity contribution in [3.05, 3.63) is 0 Å². The van der Waals surface area contributed by atoms with Crippen LogP contribution in [0.3, 0.4) is 0 Å². The molecule has 2 atom stereocenters. The molecule has 1 saturated heterocycles. The molecule has 8 heteroatoms. The van der Waals surface area contributed by atoms with Gasteiger partial charge in [0.25, 0.3) is 0 Å². The van der Waals surface area contributed by atoms with E-state index in [0.717, 1.165) is 0 Å². The lowest BCUT2D eigenvalue weighted by atomic mass is 10.6. The smallest absolute Gasteiger partial charge is 0.347 e. The van der Waals surface area contributed by atoms with Crippen LogP contribution in [0.5, 0.6) is 0 Å². The van der Waals surface area contributed by atoms with Crippen LogP contribution in [0.15, 0.2) is 0 Å². The summed E-state index contributed by atoms with van der Waals surface area (Å²) in [5, 5.41) is 36.1. The van der Waals surface area contributed by atoms with Crippen LogP contribution in [-0.4, -0.2) is 49.5 Å². The topological polar surface area (TPSA) is 116 Å². The summed E-state index contributed by atoms with van der Waals surface area (Å²) in [6.45, 7) is 0. The molecule has 2 unspecified atom stereocenters. The van der Waals surface area contributed by atoms with E-state index in [2.05, 4.69) is 0 Å².